The van der Waals surface area contributed by atoms with E-state index in [1.165, 1.54) is 21.8 Å². The van der Waals surface area contributed by atoms with Gasteiger partial charge in [0, 0.05) is 24.2 Å². The van der Waals surface area contributed by atoms with Crippen LogP contribution in [0.1, 0.15) is 82.1 Å². The van der Waals surface area contributed by atoms with Crippen LogP contribution in [-0.4, -0.2) is 32.8 Å². The van der Waals surface area contributed by atoms with Crippen LogP contribution in [0.5, 0.6) is 0 Å². The Hall–Kier alpha value is -3.79. The molecule has 4 heterocycles. The van der Waals surface area contributed by atoms with Gasteiger partial charge in [-0.15, -0.1) is 11.3 Å². The highest BCUT2D eigenvalue weighted by atomic mass is 32.1. The van der Waals surface area contributed by atoms with Crippen LogP contribution in [0.3, 0.4) is 0 Å². The van der Waals surface area contributed by atoms with Crippen molar-refractivity contribution in [1.82, 2.24) is 19.3 Å². The molecule has 0 aromatic carbocycles. The summed E-state index contributed by atoms with van der Waals surface area (Å²) >= 11 is 1.44. The Balaban J connectivity index is 1.52. The zero-order valence-electron chi connectivity index (χ0n) is 21.3. The number of hydrogen-bond donors (Lipinski definition) is 3. The zero-order valence-corrected chi connectivity index (χ0v) is 22.1. The summed E-state index contributed by atoms with van der Waals surface area (Å²) in [5.74, 6) is -0.724. The van der Waals surface area contributed by atoms with E-state index in [1.807, 2.05) is 6.07 Å². The van der Waals surface area contributed by atoms with Crippen molar-refractivity contribution < 1.29 is 9.59 Å². The number of carbonyl (C=O) groups is 2. The van der Waals surface area contributed by atoms with Gasteiger partial charge in [-0.2, -0.15) is 0 Å². The van der Waals surface area contributed by atoms with E-state index in [0.717, 1.165) is 68.2 Å². The van der Waals surface area contributed by atoms with E-state index in [1.54, 1.807) is 29.9 Å². The van der Waals surface area contributed by atoms with E-state index in [0.29, 0.717) is 27.2 Å². The molecule has 196 valence electrons. The third-order valence-electron chi connectivity index (χ3n) is 7.80. The van der Waals surface area contributed by atoms with Crippen LogP contribution in [0, 0.1) is 5.41 Å². The average Bonchev–Trinajstić information content (AvgIpc) is 3.30. The number of rotatable bonds is 4. The SMILES string of the molecule is CNC(=O)c1c(NC(=O)c2cc3c(=O)n4ccccc4nc3n(C3CCCCC3)c2=N)sc2c1CCCC2. The highest BCUT2D eigenvalue weighted by Crippen LogP contribution is 2.38. The molecule has 4 aromatic heterocycles. The van der Waals surface area contributed by atoms with E-state index in [9.17, 15) is 14.4 Å². The summed E-state index contributed by atoms with van der Waals surface area (Å²) in [4.78, 5) is 46.0. The number of hydrogen-bond acceptors (Lipinski definition) is 6. The maximum absolute atomic E-state index is 13.8. The number of fused-ring (bicyclic) bond motifs is 3. The highest BCUT2D eigenvalue weighted by molar-refractivity contribution is 7.17. The Kier molecular flexibility index (Phi) is 6.35. The van der Waals surface area contributed by atoms with Gasteiger partial charge in [-0.3, -0.25) is 24.2 Å². The molecular weight excluding hydrogens is 500 g/mol. The smallest absolute Gasteiger partial charge is 0.267 e. The summed E-state index contributed by atoms with van der Waals surface area (Å²) in [6, 6.07) is 6.85. The third-order valence-corrected chi connectivity index (χ3v) is 9.01. The summed E-state index contributed by atoms with van der Waals surface area (Å²) in [7, 11) is 1.59. The molecule has 2 amide bonds. The molecule has 0 atom stereocenters. The van der Waals surface area contributed by atoms with E-state index in [4.69, 9.17) is 10.4 Å². The standard InChI is InChI=1S/C28H30N6O3S/c1-30-26(36)22-17-11-5-6-12-20(17)38-27(22)32-25(35)18-15-19-24(31-21-13-7-8-14-33(21)28(19)37)34(23(18)29)16-9-3-2-4-10-16/h7-8,13-16,29H,2-6,9-12H2,1H3,(H,30,36)(H,32,35). The molecule has 0 spiro atoms. The van der Waals surface area contributed by atoms with Crippen molar-refractivity contribution in [2.45, 2.75) is 63.8 Å². The fourth-order valence-electron chi connectivity index (χ4n) is 5.91. The number of pyridine rings is 2. The minimum Gasteiger partial charge on any atom is -0.355 e. The zero-order chi connectivity index (χ0) is 26.4. The highest BCUT2D eigenvalue weighted by Gasteiger charge is 2.28. The molecule has 38 heavy (non-hydrogen) atoms. The summed E-state index contributed by atoms with van der Waals surface area (Å²) in [6.45, 7) is 0. The Morgan fingerprint density at radius 2 is 1.87 bits per heavy atom. The number of anilines is 1. The van der Waals surface area contributed by atoms with Crippen molar-refractivity contribution in [3.05, 3.63) is 67.9 Å². The summed E-state index contributed by atoms with van der Waals surface area (Å²) in [5, 5.41) is 15.6. The molecule has 10 heteroatoms. The first-order valence-corrected chi connectivity index (χ1v) is 14.1. The van der Waals surface area contributed by atoms with E-state index < -0.39 is 5.91 Å². The van der Waals surface area contributed by atoms with E-state index in [-0.39, 0.29) is 28.6 Å². The molecule has 1 saturated carbocycles. The molecule has 9 nitrogen and oxygen atoms in total. The van der Waals surface area contributed by atoms with Gasteiger partial charge in [0.05, 0.1) is 16.5 Å². The molecule has 0 radical (unpaired) electrons. The number of carbonyl (C=O) groups excluding carboxylic acids is 2. The molecule has 0 unspecified atom stereocenters. The van der Waals surface area contributed by atoms with Gasteiger partial charge in [-0.25, -0.2) is 4.98 Å². The molecule has 2 aliphatic carbocycles. The molecule has 1 fully saturated rings. The maximum atomic E-state index is 13.8. The maximum Gasteiger partial charge on any atom is 0.267 e. The average molecular weight is 531 g/mol. The lowest BCUT2D eigenvalue weighted by Crippen LogP contribution is -2.35. The Morgan fingerprint density at radius 1 is 1.08 bits per heavy atom. The van der Waals surface area contributed by atoms with Gasteiger partial charge in [0.25, 0.3) is 17.4 Å². The van der Waals surface area contributed by atoms with Crippen molar-refractivity contribution in [2.75, 3.05) is 12.4 Å². The lowest BCUT2D eigenvalue weighted by atomic mass is 9.94. The second-order valence-corrected chi connectivity index (χ2v) is 11.2. The first kappa shape index (κ1) is 24.5. The predicted molar refractivity (Wildman–Crippen MR) is 147 cm³/mol. The Morgan fingerprint density at radius 3 is 2.66 bits per heavy atom. The monoisotopic (exact) mass is 530 g/mol. The van der Waals surface area contributed by atoms with Gasteiger partial charge >= 0.3 is 0 Å². The summed E-state index contributed by atoms with van der Waals surface area (Å²) < 4.78 is 3.26. The fraction of sp³-hybridized carbons (Fsp3) is 0.393. The number of amides is 2. The number of aryl methyl sites for hydroxylation is 1. The number of nitrogens with zero attached hydrogens (tertiary/aromatic N) is 3. The summed E-state index contributed by atoms with van der Waals surface area (Å²) in [5.41, 5.74) is 2.33. The second kappa shape index (κ2) is 9.83. The van der Waals surface area contributed by atoms with Crippen LogP contribution in [0.2, 0.25) is 0 Å². The molecule has 6 rings (SSSR count). The van der Waals surface area contributed by atoms with Crippen molar-refractivity contribution in [2.24, 2.45) is 0 Å². The van der Waals surface area contributed by atoms with Crippen LogP contribution >= 0.6 is 11.3 Å². The molecule has 0 bridgehead atoms. The first-order chi connectivity index (χ1) is 18.5. The first-order valence-electron chi connectivity index (χ1n) is 13.3. The van der Waals surface area contributed by atoms with Crippen molar-refractivity contribution >= 4 is 44.8 Å². The van der Waals surface area contributed by atoms with Crippen LogP contribution in [0.15, 0.2) is 35.3 Å². The van der Waals surface area contributed by atoms with Gasteiger partial charge in [0.2, 0.25) is 0 Å². The molecular formula is C28H30N6O3S. The van der Waals surface area contributed by atoms with Crippen molar-refractivity contribution in [1.29, 1.82) is 5.41 Å². The van der Waals surface area contributed by atoms with Crippen LogP contribution in [0.4, 0.5) is 5.00 Å². The topological polar surface area (TPSA) is 121 Å². The van der Waals surface area contributed by atoms with Gasteiger partial charge in [0.15, 0.2) is 0 Å². The Labute approximate surface area is 223 Å². The molecule has 4 aromatic rings. The minimum absolute atomic E-state index is 0.0138. The van der Waals surface area contributed by atoms with Crippen LogP contribution in [0.25, 0.3) is 16.7 Å². The molecule has 3 N–H and O–H groups in total. The predicted octanol–water partition coefficient (Wildman–Crippen LogP) is 4.19. The normalized spacial score (nSPS) is 15.9. The van der Waals surface area contributed by atoms with Gasteiger partial charge in [-0.05, 0) is 62.3 Å². The van der Waals surface area contributed by atoms with Crippen LogP contribution in [-0.2, 0) is 12.8 Å². The Bertz CT molecular complexity index is 1710. The second-order valence-electron chi connectivity index (χ2n) is 10.1. The quantitative estimate of drug-likeness (QED) is 0.343. The lowest BCUT2D eigenvalue weighted by molar-refractivity contribution is 0.0963. The van der Waals surface area contributed by atoms with Gasteiger partial charge in [-0.1, -0.05) is 25.3 Å². The number of nitrogens with one attached hydrogen (secondary N) is 3. The van der Waals surface area contributed by atoms with E-state index >= 15 is 0 Å². The fourth-order valence-corrected chi connectivity index (χ4v) is 7.19. The van der Waals surface area contributed by atoms with Crippen molar-refractivity contribution in [3.63, 3.8) is 0 Å². The van der Waals surface area contributed by atoms with Crippen LogP contribution < -0.4 is 21.7 Å². The third kappa shape index (κ3) is 4.03. The largest absolute Gasteiger partial charge is 0.355 e. The molecule has 2 aliphatic rings. The van der Waals surface area contributed by atoms with Crippen molar-refractivity contribution in [3.8, 4) is 0 Å². The summed E-state index contributed by atoms with van der Waals surface area (Å²) in [6.07, 6.45) is 10.3. The van der Waals surface area contributed by atoms with Gasteiger partial charge < -0.3 is 15.2 Å². The number of thiophene rings is 1. The van der Waals surface area contributed by atoms with Gasteiger partial charge in [0.1, 0.15) is 21.8 Å². The molecule has 0 saturated heterocycles. The number of aromatic nitrogens is 3. The molecule has 0 aliphatic heterocycles. The lowest BCUT2D eigenvalue weighted by Gasteiger charge is -2.26. The minimum atomic E-state index is -0.497. The van der Waals surface area contributed by atoms with E-state index in [2.05, 4.69) is 10.6 Å².